The third-order valence-corrected chi connectivity index (χ3v) is 6.51. The molecule has 0 spiro atoms. The summed E-state index contributed by atoms with van der Waals surface area (Å²) in [6.07, 6.45) is 0. The van der Waals surface area contributed by atoms with Gasteiger partial charge in [-0.2, -0.15) is 0 Å². The Bertz CT molecular complexity index is 1350. The van der Waals surface area contributed by atoms with E-state index in [9.17, 15) is 13.2 Å². The zero-order valence-corrected chi connectivity index (χ0v) is 14.6. The maximum atomic E-state index is 13.2. The van der Waals surface area contributed by atoms with E-state index in [4.69, 9.17) is 4.42 Å². The van der Waals surface area contributed by atoms with Gasteiger partial charge in [0.05, 0.1) is 28.0 Å². The highest BCUT2D eigenvalue weighted by Gasteiger charge is 2.34. The molecule has 0 saturated carbocycles. The van der Waals surface area contributed by atoms with E-state index in [2.05, 4.69) is 4.98 Å². The van der Waals surface area contributed by atoms with Crippen LogP contribution in [-0.4, -0.2) is 29.1 Å². The van der Waals surface area contributed by atoms with Crippen molar-refractivity contribution in [3.63, 3.8) is 0 Å². The van der Waals surface area contributed by atoms with Crippen molar-refractivity contribution in [3.8, 4) is 0 Å². The first-order valence-electron chi connectivity index (χ1n) is 8.04. The second kappa shape index (κ2) is 4.98. The summed E-state index contributed by atoms with van der Waals surface area (Å²) in [6, 6.07) is 12.0. The largest absolute Gasteiger partial charge is 0.419 e. The number of anilines is 1. The number of para-hydroxylation sites is 2. The summed E-state index contributed by atoms with van der Waals surface area (Å²) in [5, 5.41) is 0. The minimum absolute atomic E-state index is 0.0693. The van der Waals surface area contributed by atoms with Gasteiger partial charge in [-0.1, -0.05) is 12.1 Å². The summed E-state index contributed by atoms with van der Waals surface area (Å²) in [6.45, 7) is 0.851. The van der Waals surface area contributed by atoms with Gasteiger partial charge in [-0.05, 0) is 24.3 Å². The highest BCUT2D eigenvalue weighted by atomic mass is 32.2. The van der Waals surface area contributed by atoms with Gasteiger partial charge in [-0.3, -0.25) is 4.57 Å². The van der Waals surface area contributed by atoms with Crippen molar-refractivity contribution in [2.24, 2.45) is 7.05 Å². The zero-order valence-electron chi connectivity index (χ0n) is 13.8. The van der Waals surface area contributed by atoms with E-state index in [1.165, 1.54) is 21.0 Å². The van der Waals surface area contributed by atoms with Gasteiger partial charge in [0, 0.05) is 19.7 Å². The van der Waals surface area contributed by atoms with Gasteiger partial charge in [0.1, 0.15) is 0 Å². The number of fused-ring (bicyclic) bond motifs is 4. The minimum atomic E-state index is -3.82. The van der Waals surface area contributed by atoms with E-state index in [1.54, 1.807) is 13.1 Å². The molecule has 1 aliphatic rings. The molecule has 2 aromatic heterocycles. The number of rotatable bonds is 2. The lowest BCUT2D eigenvalue weighted by Gasteiger charge is -2.16. The number of hydrogen-bond donors (Lipinski definition) is 0. The van der Waals surface area contributed by atoms with Gasteiger partial charge < -0.3 is 8.98 Å². The summed E-state index contributed by atoms with van der Waals surface area (Å²) in [5.74, 6) is -0.127. The van der Waals surface area contributed by atoms with Crippen LogP contribution < -0.4 is 10.1 Å². The van der Waals surface area contributed by atoms with Crippen molar-refractivity contribution in [2.45, 2.75) is 11.4 Å². The Morgan fingerprint density at radius 2 is 1.88 bits per heavy atom. The number of oxazole rings is 1. The quantitative estimate of drug-likeness (QED) is 0.536. The van der Waals surface area contributed by atoms with Crippen LogP contribution in [0.15, 0.2) is 56.6 Å². The molecule has 0 amide bonds. The van der Waals surface area contributed by atoms with E-state index in [-0.39, 0.29) is 10.5 Å². The summed E-state index contributed by atoms with van der Waals surface area (Å²) in [5.41, 5.74) is 2.45. The third kappa shape index (κ3) is 1.91. The molecule has 4 aromatic rings. The van der Waals surface area contributed by atoms with Gasteiger partial charge in [0.25, 0.3) is 10.0 Å². The molecular formula is C17H14N4O4S. The molecule has 0 N–H and O–H groups in total. The topological polar surface area (TPSA) is 90.3 Å². The number of aromatic nitrogens is 3. The number of imidazole rings is 1. The maximum absolute atomic E-state index is 13.2. The fraction of sp³-hybridized carbons (Fsp3) is 0.176. The second-order valence-electron chi connectivity index (χ2n) is 6.19. The summed E-state index contributed by atoms with van der Waals surface area (Å²) >= 11 is 0. The minimum Gasteiger partial charge on any atom is -0.408 e. The number of sulfonamides is 1. The van der Waals surface area contributed by atoms with Gasteiger partial charge >= 0.3 is 5.76 Å². The smallest absolute Gasteiger partial charge is 0.408 e. The average molecular weight is 370 g/mol. The molecule has 3 heterocycles. The van der Waals surface area contributed by atoms with Crippen molar-refractivity contribution in [1.29, 1.82) is 0 Å². The third-order valence-electron chi connectivity index (χ3n) is 4.74. The molecule has 26 heavy (non-hydrogen) atoms. The van der Waals surface area contributed by atoms with Crippen LogP contribution >= 0.6 is 0 Å². The molecule has 2 aromatic carbocycles. The van der Waals surface area contributed by atoms with Crippen LogP contribution in [0.5, 0.6) is 0 Å². The van der Waals surface area contributed by atoms with E-state index in [0.29, 0.717) is 24.6 Å². The number of nitrogens with zero attached hydrogens (tertiary/aromatic N) is 4. The van der Waals surface area contributed by atoms with Crippen molar-refractivity contribution in [1.82, 2.24) is 14.1 Å². The van der Waals surface area contributed by atoms with Crippen LogP contribution in [0.4, 0.5) is 5.95 Å². The Morgan fingerprint density at radius 1 is 1.08 bits per heavy atom. The molecular weight excluding hydrogens is 356 g/mol. The lowest BCUT2D eigenvalue weighted by molar-refractivity contribution is 0.527. The highest BCUT2D eigenvalue weighted by Crippen LogP contribution is 2.32. The molecule has 0 fully saturated rings. The molecule has 5 rings (SSSR count). The fourth-order valence-electron chi connectivity index (χ4n) is 3.39. The molecule has 132 valence electrons. The highest BCUT2D eigenvalue weighted by molar-refractivity contribution is 7.92. The molecule has 0 radical (unpaired) electrons. The first kappa shape index (κ1) is 15.2. The molecule has 8 nitrogen and oxygen atoms in total. The first-order valence-corrected chi connectivity index (χ1v) is 9.48. The van der Waals surface area contributed by atoms with Gasteiger partial charge in [-0.25, -0.2) is 22.5 Å². The van der Waals surface area contributed by atoms with Crippen LogP contribution in [0.2, 0.25) is 0 Å². The predicted octanol–water partition coefficient (Wildman–Crippen LogP) is 1.69. The van der Waals surface area contributed by atoms with Gasteiger partial charge in [0.2, 0.25) is 5.95 Å². The average Bonchev–Trinajstić information content (AvgIpc) is 3.27. The molecule has 9 heteroatoms. The molecule has 0 atom stereocenters. The number of aryl methyl sites for hydroxylation is 1. The molecule has 1 aliphatic heterocycles. The first-order chi connectivity index (χ1) is 12.5. The molecule has 0 aliphatic carbocycles. The summed E-state index contributed by atoms with van der Waals surface area (Å²) in [4.78, 5) is 16.2. The van der Waals surface area contributed by atoms with Crippen LogP contribution in [0.1, 0.15) is 0 Å². The number of benzene rings is 2. The Labute approximate surface area is 147 Å². The van der Waals surface area contributed by atoms with E-state index >= 15 is 0 Å². The fourth-order valence-corrected chi connectivity index (χ4v) is 4.82. The van der Waals surface area contributed by atoms with Gasteiger partial charge in [-0.15, -0.1) is 0 Å². The van der Waals surface area contributed by atoms with Gasteiger partial charge in [0.15, 0.2) is 5.58 Å². The van der Waals surface area contributed by atoms with Crippen molar-refractivity contribution in [3.05, 3.63) is 53.0 Å². The van der Waals surface area contributed by atoms with Crippen molar-refractivity contribution >= 4 is 38.1 Å². The van der Waals surface area contributed by atoms with Crippen LogP contribution in [-0.2, 0) is 23.6 Å². The lowest BCUT2D eigenvalue weighted by atomic mass is 10.3. The summed E-state index contributed by atoms with van der Waals surface area (Å²) < 4.78 is 36.0. The Morgan fingerprint density at radius 3 is 2.73 bits per heavy atom. The predicted molar refractivity (Wildman–Crippen MR) is 95.7 cm³/mol. The Hall–Kier alpha value is -3.07. The van der Waals surface area contributed by atoms with Crippen molar-refractivity contribution < 1.29 is 12.8 Å². The Balaban J connectivity index is 1.66. The SMILES string of the molecule is Cn1c(=O)oc2cc(S(=O)(=O)N3CCn4c3nc3ccccc34)ccc21. The molecule has 0 saturated heterocycles. The monoisotopic (exact) mass is 370 g/mol. The standard InChI is InChI=1S/C17H14N4O4S/c1-19-14-7-6-11(10-15(14)25-17(19)22)26(23,24)21-9-8-20-13-5-3-2-4-12(13)18-16(20)21/h2-7,10H,8-9H2,1H3. The van der Waals surface area contributed by atoms with Crippen LogP contribution in [0.3, 0.4) is 0 Å². The number of hydrogen-bond acceptors (Lipinski definition) is 5. The summed E-state index contributed by atoms with van der Waals surface area (Å²) in [7, 11) is -2.24. The van der Waals surface area contributed by atoms with E-state index in [1.807, 2.05) is 28.8 Å². The Kier molecular flexibility index (Phi) is 2.91. The van der Waals surface area contributed by atoms with Crippen LogP contribution in [0, 0.1) is 0 Å². The van der Waals surface area contributed by atoms with Crippen LogP contribution in [0.25, 0.3) is 22.1 Å². The molecule has 0 bridgehead atoms. The molecule has 0 unspecified atom stereocenters. The maximum Gasteiger partial charge on any atom is 0.419 e. The van der Waals surface area contributed by atoms with E-state index in [0.717, 1.165) is 11.0 Å². The lowest BCUT2D eigenvalue weighted by Crippen LogP contribution is -2.29. The van der Waals surface area contributed by atoms with E-state index < -0.39 is 15.8 Å². The second-order valence-corrected chi connectivity index (χ2v) is 8.05. The zero-order chi connectivity index (χ0) is 18.1. The van der Waals surface area contributed by atoms with Crippen molar-refractivity contribution in [2.75, 3.05) is 10.8 Å². The normalized spacial score (nSPS) is 14.4.